The minimum Gasteiger partial charge on any atom is -0.507 e. The number of aliphatic carboxylic acids is 1. The molecule has 2 rings (SSSR count). The molecule has 0 aliphatic heterocycles. The van der Waals surface area contributed by atoms with Crippen molar-refractivity contribution in [1.29, 1.82) is 0 Å². The topological polar surface area (TPSA) is 104 Å². The Hall–Kier alpha value is -2.83. The molecule has 7 heteroatoms. The number of nitrogens with zero attached hydrogens (tertiary/aromatic N) is 2. The van der Waals surface area contributed by atoms with E-state index in [1.165, 1.54) is 29.2 Å². The first-order valence-electron chi connectivity index (χ1n) is 5.81. The van der Waals surface area contributed by atoms with Gasteiger partial charge in [0, 0.05) is 6.20 Å². The highest BCUT2D eigenvalue weighted by molar-refractivity contribution is 6.06. The van der Waals surface area contributed by atoms with Gasteiger partial charge in [-0.15, -0.1) is 0 Å². The van der Waals surface area contributed by atoms with E-state index in [9.17, 15) is 14.7 Å². The van der Waals surface area contributed by atoms with Gasteiger partial charge in [0.25, 0.3) is 5.91 Å². The van der Waals surface area contributed by atoms with E-state index in [1.54, 1.807) is 13.0 Å². The zero-order valence-electron chi connectivity index (χ0n) is 10.7. The molecule has 104 valence electrons. The van der Waals surface area contributed by atoms with Crippen LogP contribution in [0, 0.1) is 6.92 Å². The molecule has 1 aromatic carbocycles. The van der Waals surface area contributed by atoms with E-state index in [4.69, 9.17) is 5.11 Å². The van der Waals surface area contributed by atoms with Gasteiger partial charge in [0.1, 0.15) is 12.3 Å². The van der Waals surface area contributed by atoms with Crippen LogP contribution in [0.25, 0.3) is 0 Å². The van der Waals surface area contributed by atoms with Gasteiger partial charge in [0.15, 0.2) is 0 Å². The molecule has 2 aromatic rings. The summed E-state index contributed by atoms with van der Waals surface area (Å²) in [6, 6.07) is 4.72. The van der Waals surface area contributed by atoms with Crippen LogP contribution in [0.5, 0.6) is 5.75 Å². The van der Waals surface area contributed by atoms with Gasteiger partial charge in [0.05, 0.1) is 17.4 Å². The molecular weight excluding hydrogens is 262 g/mol. The Balaban J connectivity index is 2.11. The van der Waals surface area contributed by atoms with E-state index in [1.807, 2.05) is 0 Å². The number of hydrogen-bond donors (Lipinski definition) is 3. The third-order valence-electron chi connectivity index (χ3n) is 2.59. The number of aryl methyl sites for hydroxylation is 1. The Kier molecular flexibility index (Phi) is 3.69. The van der Waals surface area contributed by atoms with Crippen LogP contribution in [0.15, 0.2) is 30.6 Å². The molecule has 0 saturated heterocycles. The van der Waals surface area contributed by atoms with Crippen LogP contribution in [0.3, 0.4) is 0 Å². The van der Waals surface area contributed by atoms with Gasteiger partial charge in [-0.05, 0) is 24.6 Å². The Morgan fingerprint density at radius 2 is 2.15 bits per heavy atom. The minimum absolute atomic E-state index is 0.111. The molecule has 0 fully saturated rings. The zero-order valence-corrected chi connectivity index (χ0v) is 10.7. The van der Waals surface area contributed by atoms with Crippen LogP contribution in [0.1, 0.15) is 15.9 Å². The second-order valence-electron chi connectivity index (χ2n) is 4.30. The quantitative estimate of drug-likeness (QED) is 0.778. The van der Waals surface area contributed by atoms with E-state index in [-0.39, 0.29) is 17.9 Å². The molecule has 1 amide bonds. The first-order valence-corrected chi connectivity index (χ1v) is 5.81. The lowest BCUT2D eigenvalue weighted by Crippen LogP contribution is -2.12. The highest BCUT2D eigenvalue weighted by atomic mass is 16.4. The average Bonchev–Trinajstić information content (AvgIpc) is 2.75. The maximum absolute atomic E-state index is 12.0. The summed E-state index contributed by atoms with van der Waals surface area (Å²) in [5, 5.41) is 24.7. The van der Waals surface area contributed by atoms with Crippen molar-refractivity contribution >= 4 is 17.6 Å². The summed E-state index contributed by atoms with van der Waals surface area (Å²) in [5.74, 6) is -1.63. The van der Waals surface area contributed by atoms with Crippen LogP contribution in [-0.2, 0) is 11.3 Å². The van der Waals surface area contributed by atoms with Crippen molar-refractivity contribution < 1.29 is 19.8 Å². The maximum atomic E-state index is 12.0. The lowest BCUT2D eigenvalue weighted by molar-refractivity contribution is -0.137. The number of benzene rings is 1. The predicted octanol–water partition coefficient (Wildman–Crippen LogP) is 1.23. The molecule has 0 unspecified atom stereocenters. The number of aromatic hydroxyl groups is 1. The Bertz CT molecular complexity index is 663. The van der Waals surface area contributed by atoms with E-state index in [2.05, 4.69) is 10.4 Å². The fraction of sp³-hybridized carbons (Fsp3) is 0.154. The SMILES string of the molecule is Cc1ccc(C(=O)Nc2cnn(CC(=O)O)c2)c(O)c1. The summed E-state index contributed by atoms with van der Waals surface area (Å²) in [6.45, 7) is 1.52. The van der Waals surface area contributed by atoms with Gasteiger partial charge < -0.3 is 15.5 Å². The maximum Gasteiger partial charge on any atom is 0.325 e. The van der Waals surface area contributed by atoms with E-state index in [0.717, 1.165) is 5.56 Å². The van der Waals surface area contributed by atoms with Crippen LogP contribution in [-0.4, -0.2) is 31.9 Å². The Morgan fingerprint density at radius 3 is 2.80 bits per heavy atom. The van der Waals surface area contributed by atoms with Gasteiger partial charge in [0.2, 0.25) is 0 Å². The zero-order chi connectivity index (χ0) is 14.7. The average molecular weight is 275 g/mol. The molecule has 0 spiro atoms. The number of phenols is 1. The molecular formula is C13H13N3O4. The summed E-state index contributed by atoms with van der Waals surface area (Å²) >= 11 is 0. The number of carboxylic acids is 1. The van der Waals surface area contributed by atoms with Crippen LogP contribution in [0.2, 0.25) is 0 Å². The molecule has 0 atom stereocenters. The number of carbonyl (C=O) groups is 2. The molecule has 0 radical (unpaired) electrons. The van der Waals surface area contributed by atoms with Gasteiger partial charge in [-0.2, -0.15) is 5.10 Å². The summed E-state index contributed by atoms with van der Waals surface area (Å²) in [4.78, 5) is 22.5. The van der Waals surface area contributed by atoms with Gasteiger partial charge in [-0.25, -0.2) is 0 Å². The third-order valence-corrected chi connectivity index (χ3v) is 2.59. The van der Waals surface area contributed by atoms with Crippen molar-refractivity contribution in [3.8, 4) is 5.75 Å². The van der Waals surface area contributed by atoms with Crippen molar-refractivity contribution in [2.24, 2.45) is 0 Å². The number of nitrogens with one attached hydrogen (secondary N) is 1. The van der Waals surface area contributed by atoms with Crippen LogP contribution < -0.4 is 5.32 Å². The van der Waals surface area contributed by atoms with Crippen LogP contribution >= 0.6 is 0 Å². The number of amides is 1. The molecule has 0 aliphatic rings. The Morgan fingerprint density at radius 1 is 1.40 bits per heavy atom. The Labute approximate surface area is 114 Å². The second-order valence-corrected chi connectivity index (χ2v) is 4.30. The van der Waals surface area contributed by atoms with Crippen molar-refractivity contribution in [1.82, 2.24) is 9.78 Å². The van der Waals surface area contributed by atoms with Gasteiger partial charge in [-0.3, -0.25) is 14.3 Å². The normalized spacial score (nSPS) is 10.2. The number of hydrogen-bond acceptors (Lipinski definition) is 4. The first-order chi connectivity index (χ1) is 9.45. The number of carbonyl (C=O) groups excluding carboxylic acids is 1. The predicted molar refractivity (Wildman–Crippen MR) is 70.7 cm³/mol. The number of aromatic nitrogens is 2. The number of anilines is 1. The fourth-order valence-electron chi connectivity index (χ4n) is 1.69. The monoisotopic (exact) mass is 275 g/mol. The standard InChI is InChI=1S/C13H13N3O4/c1-8-2-3-10(11(17)4-8)13(20)15-9-5-14-16(6-9)7-12(18)19/h2-6,17H,7H2,1H3,(H,15,20)(H,18,19). The van der Waals surface area contributed by atoms with Crippen molar-refractivity contribution in [2.45, 2.75) is 13.5 Å². The largest absolute Gasteiger partial charge is 0.507 e. The van der Waals surface area contributed by atoms with Gasteiger partial charge >= 0.3 is 5.97 Å². The van der Waals surface area contributed by atoms with Crippen LogP contribution in [0.4, 0.5) is 5.69 Å². The molecule has 1 heterocycles. The summed E-state index contributed by atoms with van der Waals surface area (Å²) in [7, 11) is 0. The molecule has 1 aromatic heterocycles. The molecule has 3 N–H and O–H groups in total. The number of phenolic OH excluding ortho intramolecular Hbond substituents is 1. The summed E-state index contributed by atoms with van der Waals surface area (Å²) in [6.07, 6.45) is 2.74. The summed E-state index contributed by atoms with van der Waals surface area (Å²) in [5.41, 5.74) is 1.34. The molecule has 0 bridgehead atoms. The summed E-state index contributed by atoms with van der Waals surface area (Å²) < 4.78 is 1.19. The van der Waals surface area contributed by atoms with Crippen molar-refractivity contribution in [2.75, 3.05) is 5.32 Å². The van der Waals surface area contributed by atoms with E-state index in [0.29, 0.717) is 5.69 Å². The number of rotatable bonds is 4. The molecule has 0 saturated carbocycles. The second kappa shape index (κ2) is 5.43. The molecule has 0 aliphatic carbocycles. The molecule has 20 heavy (non-hydrogen) atoms. The first kappa shape index (κ1) is 13.6. The highest BCUT2D eigenvalue weighted by Gasteiger charge is 2.12. The van der Waals surface area contributed by atoms with Crippen molar-refractivity contribution in [3.63, 3.8) is 0 Å². The fourth-order valence-corrected chi connectivity index (χ4v) is 1.69. The van der Waals surface area contributed by atoms with E-state index >= 15 is 0 Å². The number of carboxylic acid groups (broad SMARTS) is 1. The smallest absolute Gasteiger partial charge is 0.325 e. The van der Waals surface area contributed by atoms with Crippen molar-refractivity contribution in [3.05, 3.63) is 41.7 Å². The lowest BCUT2D eigenvalue weighted by atomic mass is 10.1. The minimum atomic E-state index is -1.03. The van der Waals surface area contributed by atoms with E-state index < -0.39 is 11.9 Å². The highest BCUT2D eigenvalue weighted by Crippen LogP contribution is 2.19. The van der Waals surface area contributed by atoms with Gasteiger partial charge in [-0.1, -0.05) is 6.07 Å². The third kappa shape index (κ3) is 3.14. The lowest BCUT2D eigenvalue weighted by Gasteiger charge is -2.05. The molecule has 7 nitrogen and oxygen atoms in total.